The van der Waals surface area contributed by atoms with Crippen molar-refractivity contribution in [1.82, 2.24) is 0 Å². The minimum absolute atomic E-state index is 0.0320. The highest BCUT2D eigenvalue weighted by Gasteiger charge is 2.25. The zero-order valence-electron chi connectivity index (χ0n) is 11.4. The fourth-order valence-electron chi connectivity index (χ4n) is 2.54. The third kappa shape index (κ3) is 2.52. The predicted molar refractivity (Wildman–Crippen MR) is 79.1 cm³/mol. The van der Waals surface area contributed by atoms with Gasteiger partial charge in [-0.25, -0.2) is 0 Å². The average molecular weight is 267 g/mol. The molecule has 0 aromatic heterocycles. The Hall–Kier alpha value is -2.29. The third-order valence-corrected chi connectivity index (χ3v) is 3.65. The first kappa shape index (κ1) is 12.7. The third-order valence-electron chi connectivity index (χ3n) is 3.65. The number of ether oxygens (including phenoxy) is 1. The molecule has 1 heterocycles. The minimum Gasteiger partial charge on any atom is -0.493 e. The number of aryl methyl sites for hydroxylation is 1. The van der Waals surface area contributed by atoms with Gasteiger partial charge in [-0.15, -0.1) is 0 Å². The lowest BCUT2D eigenvalue weighted by Crippen LogP contribution is -2.17. The van der Waals surface area contributed by atoms with Gasteiger partial charge in [0.1, 0.15) is 5.75 Å². The van der Waals surface area contributed by atoms with Gasteiger partial charge in [0.15, 0.2) is 0 Å². The molecule has 0 radical (unpaired) electrons. The molecule has 1 unspecified atom stereocenters. The number of carbonyl (C=O) groups is 1. The number of hydrogen-bond acceptors (Lipinski definition) is 2. The van der Waals surface area contributed by atoms with Gasteiger partial charge in [-0.1, -0.05) is 36.4 Å². The normalized spacial score (nSPS) is 16.4. The van der Waals surface area contributed by atoms with Crippen LogP contribution in [-0.4, -0.2) is 12.5 Å². The second-order valence-electron chi connectivity index (χ2n) is 5.11. The summed E-state index contributed by atoms with van der Waals surface area (Å²) in [5, 5.41) is 2.97. The fraction of sp³-hybridized carbons (Fsp3) is 0.235. The second-order valence-corrected chi connectivity index (χ2v) is 5.11. The topological polar surface area (TPSA) is 38.3 Å². The molecule has 0 saturated heterocycles. The van der Waals surface area contributed by atoms with E-state index in [1.807, 2.05) is 55.5 Å². The number of fused-ring (bicyclic) bond motifs is 1. The number of hydrogen-bond donors (Lipinski definition) is 1. The van der Waals surface area contributed by atoms with Crippen LogP contribution >= 0.6 is 0 Å². The van der Waals surface area contributed by atoms with E-state index < -0.39 is 0 Å². The zero-order valence-corrected chi connectivity index (χ0v) is 11.4. The van der Waals surface area contributed by atoms with Gasteiger partial charge in [-0.05, 0) is 24.6 Å². The molecule has 3 heteroatoms. The van der Waals surface area contributed by atoms with Gasteiger partial charge in [0.2, 0.25) is 5.91 Å². The van der Waals surface area contributed by atoms with Gasteiger partial charge >= 0.3 is 0 Å². The summed E-state index contributed by atoms with van der Waals surface area (Å²) >= 11 is 0. The number of benzene rings is 2. The molecule has 102 valence electrons. The molecule has 1 aliphatic heterocycles. The summed E-state index contributed by atoms with van der Waals surface area (Å²) < 4.78 is 5.61. The Bertz CT molecular complexity index is 636. The molecule has 0 spiro atoms. The number of carbonyl (C=O) groups excluding carboxylic acids is 1. The molecular weight excluding hydrogens is 250 g/mol. The van der Waals surface area contributed by atoms with Crippen molar-refractivity contribution in [3.05, 3.63) is 59.7 Å². The zero-order chi connectivity index (χ0) is 13.9. The fourth-order valence-corrected chi connectivity index (χ4v) is 2.54. The van der Waals surface area contributed by atoms with Gasteiger partial charge < -0.3 is 10.1 Å². The highest BCUT2D eigenvalue weighted by Crippen LogP contribution is 2.35. The van der Waals surface area contributed by atoms with Crippen LogP contribution < -0.4 is 10.1 Å². The lowest BCUT2D eigenvalue weighted by atomic mass is 9.97. The van der Waals surface area contributed by atoms with E-state index in [-0.39, 0.29) is 11.8 Å². The number of para-hydroxylation sites is 2. The standard InChI is InChI=1S/C17H17NO2/c1-12-6-2-4-8-15(12)18-17(19)10-13-11-20-16-9-5-3-7-14(13)16/h2-9,13H,10-11H2,1H3,(H,18,19). The molecule has 0 aliphatic carbocycles. The van der Waals surface area contributed by atoms with Crippen LogP contribution in [0.5, 0.6) is 5.75 Å². The number of nitrogens with one attached hydrogen (secondary N) is 1. The molecule has 1 N–H and O–H groups in total. The maximum absolute atomic E-state index is 12.2. The van der Waals surface area contributed by atoms with E-state index in [0.29, 0.717) is 13.0 Å². The van der Waals surface area contributed by atoms with Crippen LogP contribution in [0.2, 0.25) is 0 Å². The molecule has 2 aromatic carbocycles. The first-order chi connectivity index (χ1) is 9.74. The quantitative estimate of drug-likeness (QED) is 0.924. The number of anilines is 1. The van der Waals surface area contributed by atoms with E-state index in [0.717, 1.165) is 22.6 Å². The van der Waals surface area contributed by atoms with E-state index in [9.17, 15) is 4.79 Å². The Labute approximate surface area is 118 Å². The van der Waals surface area contributed by atoms with E-state index in [2.05, 4.69) is 5.32 Å². The summed E-state index contributed by atoms with van der Waals surface area (Å²) in [6, 6.07) is 15.7. The highest BCUT2D eigenvalue weighted by atomic mass is 16.5. The number of amides is 1. The summed E-state index contributed by atoms with van der Waals surface area (Å²) in [5.41, 5.74) is 3.08. The van der Waals surface area contributed by atoms with E-state index in [1.54, 1.807) is 0 Å². The summed E-state index contributed by atoms with van der Waals surface area (Å²) in [5.74, 6) is 1.08. The van der Waals surface area contributed by atoms with E-state index in [1.165, 1.54) is 0 Å². The molecule has 1 atom stereocenters. The summed E-state index contributed by atoms with van der Waals surface area (Å²) in [7, 11) is 0. The van der Waals surface area contributed by atoms with Crippen molar-refractivity contribution < 1.29 is 9.53 Å². The van der Waals surface area contributed by atoms with Crippen LogP contribution in [0.3, 0.4) is 0 Å². The van der Waals surface area contributed by atoms with Crippen LogP contribution in [0, 0.1) is 6.92 Å². The molecule has 3 rings (SSSR count). The van der Waals surface area contributed by atoms with Crippen molar-refractivity contribution in [1.29, 1.82) is 0 Å². The highest BCUT2D eigenvalue weighted by molar-refractivity contribution is 5.92. The molecule has 0 saturated carbocycles. The van der Waals surface area contributed by atoms with Gasteiger partial charge in [-0.2, -0.15) is 0 Å². The van der Waals surface area contributed by atoms with Crippen molar-refractivity contribution in [3.63, 3.8) is 0 Å². The largest absolute Gasteiger partial charge is 0.493 e. The van der Waals surface area contributed by atoms with Gasteiger partial charge in [0.25, 0.3) is 0 Å². The van der Waals surface area contributed by atoms with Crippen molar-refractivity contribution in [2.45, 2.75) is 19.3 Å². The van der Waals surface area contributed by atoms with Gasteiger partial charge in [-0.3, -0.25) is 4.79 Å². The van der Waals surface area contributed by atoms with Crippen molar-refractivity contribution in [3.8, 4) is 5.75 Å². The first-order valence-corrected chi connectivity index (χ1v) is 6.81. The Morgan fingerprint density at radius 3 is 2.80 bits per heavy atom. The molecule has 1 amide bonds. The SMILES string of the molecule is Cc1ccccc1NC(=O)CC1COc2ccccc21. The van der Waals surface area contributed by atoms with Crippen LogP contribution in [0.4, 0.5) is 5.69 Å². The maximum Gasteiger partial charge on any atom is 0.225 e. The lowest BCUT2D eigenvalue weighted by molar-refractivity contribution is -0.116. The molecule has 0 bridgehead atoms. The summed E-state index contributed by atoms with van der Waals surface area (Å²) in [4.78, 5) is 12.2. The van der Waals surface area contributed by atoms with Gasteiger partial charge in [0, 0.05) is 23.6 Å². The Balaban J connectivity index is 1.68. The maximum atomic E-state index is 12.2. The molecule has 20 heavy (non-hydrogen) atoms. The molecule has 2 aromatic rings. The van der Waals surface area contributed by atoms with Crippen LogP contribution in [0.1, 0.15) is 23.5 Å². The average Bonchev–Trinajstić information content (AvgIpc) is 2.85. The van der Waals surface area contributed by atoms with Crippen LogP contribution in [-0.2, 0) is 4.79 Å². The minimum atomic E-state index is 0.0320. The molecular formula is C17H17NO2. The van der Waals surface area contributed by atoms with Crippen LogP contribution in [0.25, 0.3) is 0 Å². The van der Waals surface area contributed by atoms with Crippen molar-refractivity contribution >= 4 is 11.6 Å². The smallest absolute Gasteiger partial charge is 0.225 e. The molecule has 3 nitrogen and oxygen atoms in total. The van der Waals surface area contributed by atoms with Crippen LogP contribution in [0.15, 0.2) is 48.5 Å². The van der Waals surface area contributed by atoms with Crippen molar-refractivity contribution in [2.24, 2.45) is 0 Å². The first-order valence-electron chi connectivity index (χ1n) is 6.81. The predicted octanol–water partition coefficient (Wildman–Crippen LogP) is 3.50. The number of rotatable bonds is 3. The lowest BCUT2D eigenvalue weighted by Gasteiger charge is -2.11. The Kier molecular flexibility index (Phi) is 3.42. The summed E-state index contributed by atoms with van der Waals surface area (Å²) in [6.45, 7) is 2.57. The Morgan fingerprint density at radius 1 is 1.20 bits per heavy atom. The van der Waals surface area contributed by atoms with Crippen molar-refractivity contribution in [2.75, 3.05) is 11.9 Å². The van der Waals surface area contributed by atoms with E-state index >= 15 is 0 Å². The monoisotopic (exact) mass is 267 g/mol. The molecule has 0 fully saturated rings. The molecule has 1 aliphatic rings. The second kappa shape index (κ2) is 5.37. The van der Waals surface area contributed by atoms with Gasteiger partial charge in [0.05, 0.1) is 6.61 Å². The Morgan fingerprint density at radius 2 is 1.95 bits per heavy atom. The van der Waals surface area contributed by atoms with E-state index in [4.69, 9.17) is 4.74 Å². The summed E-state index contributed by atoms with van der Waals surface area (Å²) in [6.07, 6.45) is 0.450.